The van der Waals surface area contributed by atoms with Gasteiger partial charge in [-0.25, -0.2) is 13.1 Å². The number of sulfone groups is 1. The van der Waals surface area contributed by atoms with Crippen molar-refractivity contribution in [1.29, 1.82) is 0 Å². The summed E-state index contributed by atoms with van der Waals surface area (Å²) < 4.78 is 24.1. The molecule has 0 spiro atoms. The first-order chi connectivity index (χ1) is 10.4. The molecule has 2 heterocycles. The van der Waals surface area contributed by atoms with E-state index in [0.717, 1.165) is 30.5 Å². The summed E-state index contributed by atoms with van der Waals surface area (Å²) in [4.78, 5) is 23.8. The van der Waals surface area contributed by atoms with E-state index in [-0.39, 0.29) is 29.5 Å². The van der Waals surface area contributed by atoms with E-state index in [9.17, 15) is 18.0 Å². The van der Waals surface area contributed by atoms with Crippen molar-refractivity contribution in [3.8, 4) is 0 Å². The summed E-state index contributed by atoms with van der Waals surface area (Å²) in [5, 5.41) is 7.03. The molecule has 0 radical (unpaired) electrons. The van der Waals surface area contributed by atoms with E-state index in [1.165, 1.54) is 4.68 Å². The molecule has 1 fully saturated rings. The van der Waals surface area contributed by atoms with Crippen molar-refractivity contribution in [2.24, 2.45) is 5.92 Å². The zero-order chi connectivity index (χ0) is 15.7. The van der Waals surface area contributed by atoms with Crippen LogP contribution in [0.15, 0.2) is 10.9 Å². The van der Waals surface area contributed by atoms with Gasteiger partial charge in [0.15, 0.2) is 9.84 Å². The highest BCUT2D eigenvalue weighted by Crippen LogP contribution is 2.18. The summed E-state index contributed by atoms with van der Waals surface area (Å²) >= 11 is 0. The number of aryl methyl sites for hydroxylation is 2. The number of nitrogens with zero attached hydrogens (tertiary/aromatic N) is 2. The molecule has 7 nitrogen and oxygen atoms in total. The molecule has 1 aromatic heterocycles. The van der Waals surface area contributed by atoms with E-state index in [0.29, 0.717) is 13.0 Å². The Balaban J connectivity index is 1.55. The van der Waals surface area contributed by atoms with Gasteiger partial charge in [-0.1, -0.05) is 0 Å². The van der Waals surface area contributed by atoms with Crippen molar-refractivity contribution in [2.45, 2.75) is 32.2 Å². The monoisotopic (exact) mass is 325 g/mol. The minimum absolute atomic E-state index is 0.0735. The maximum atomic E-state index is 11.9. The number of aromatic nitrogens is 2. The first-order valence-corrected chi connectivity index (χ1v) is 9.35. The molecule has 2 aliphatic rings. The van der Waals surface area contributed by atoms with E-state index in [2.05, 4.69) is 10.4 Å². The van der Waals surface area contributed by atoms with Gasteiger partial charge in [0.25, 0.3) is 5.56 Å². The number of fused-ring (bicyclic) bond motifs is 1. The third-order valence-electron chi connectivity index (χ3n) is 4.25. The summed E-state index contributed by atoms with van der Waals surface area (Å²) in [5.41, 5.74) is 1.84. The van der Waals surface area contributed by atoms with Crippen LogP contribution in [0.5, 0.6) is 0 Å². The zero-order valence-corrected chi connectivity index (χ0v) is 13.1. The molecule has 22 heavy (non-hydrogen) atoms. The number of hydrogen-bond acceptors (Lipinski definition) is 5. The van der Waals surface area contributed by atoms with Crippen molar-refractivity contribution in [2.75, 3.05) is 18.1 Å². The maximum absolute atomic E-state index is 11.9. The summed E-state index contributed by atoms with van der Waals surface area (Å²) in [5.74, 6) is -0.711. The van der Waals surface area contributed by atoms with Crippen LogP contribution >= 0.6 is 0 Å². The van der Waals surface area contributed by atoms with Crippen LogP contribution in [-0.4, -0.2) is 42.2 Å². The zero-order valence-electron chi connectivity index (χ0n) is 12.2. The summed E-state index contributed by atoms with van der Waals surface area (Å²) in [7, 11) is -3.06. The van der Waals surface area contributed by atoms with Gasteiger partial charge >= 0.3 is 0 Å². The standard InChI is InChI=1S/C14H19N3O4S/c18-13-8-10-2-1-3-12(10)16-17(13)6-5-15-14(19)11-4-7-22(20,21)9-11/h8,11H,1-7,9H2,(H,15,19)/t11-/m0/s1. The Hall–Kier alpha value is -1.70. The fourth-order valence-electron chi connectivity index (χ4n) is 3.03. The quantitative estimate of drug-likeness (QED) is 0.788. The van der Waals surface area contributed by atoms with Gasteiger partial charge in [-0.05, 0) is 31.2 Å². The van der Waals surface area contributed by atoms with Crippen molar-refractivity contribution < 1.29 is 13.2 Å². The van der Waals surface area contributed by atoms with E-state index in [1.54, 1.807) is 6.07 Å². The van der Waals surface area contributed by atoms with Crippen LogP contribution in [0.2, 0.25) is 0 Å². The Bertz CT molecular complexity index is 754. The van der Waals surface area contributed by atoms with Crippen LogP contribution in [0, 0.1) is 5.92 Å². The highest BCUT2D eigenvalue weighted by molar-refractivity contribution is 7.91. The van der Waals surface area contributed by atoms with Crippen LogP contribution in [0.4, 0.5) is 0 Å². The topological polar surface area (TPSA) is 98.1 Å². The van der Waals surface area contributed by atoms with Crippen LogP contribution < -0.4 is 10.9 Å². The second-order valence-electron chi connectivity index (χ2n) is 5.92. The van der Waals surface area contributed by atoms with Crippen molar-refractivity contribution in [1.82, 2.24) is 15.1 Å². The Morgan fingerprint density at radius 3 is 2.95 bits per heavy atom. The van der Waals surface area contributed by atoms with Crippen LogP contribution in [0.3, 0.4) is 0 Å². The molecule has 1 atom stereocenters. The Kier molecular flexibility index (Phi) is 4.03. The second-order valence-corrected chi connectivity index (χ2v) is 8.15. The van der Waals surface area contributed by atoms with Gasteiger partial charge in [-0.3, -0.25) is 9.59 Å². The van der Waals surface area contributed by atoms with E-state index >= 15 is 0 Å². The first-order valence-electron chi connectivity index (χ1n) is 7.53. The fraction of sp³-hybridized carbons (Fsp3) is 0.643. The van der Waals surface area contributed by atoms with Gasteiger partial charge in [-0.15, -0.1) is 0 Å². The lowest BCUT2D eigenvalue weighted by atomic mass is 10.1. The normalized spacial score (nSPS) is 22.5. The molecule has 1 saturated heterocycles. The molecule has 0 unspecified atom stereocenters. The van der Waals surface area contributed by atoms with Gasteiger partial charge in [-0.2, -0.15) is 5.10 Å². The Morgan fingerprint density at radius 1 is 1.41 bits per heavy atom. The number of amides is 1. The molecular weight excluding hydrogens is 306 g/mol. The lowest BCUT2D eigenvalue weighted by Crippen LogP contribution is -2.36. The molecule has 3 rings (SSSR count). The minimum atomic E-state index is -3.06. The molecule has 0 aromatic carbocycles. The predicted molar refractivity (Wildman–Crippen MR) is 80.3 cm³/mol. The average Bonchev–Trinajstić information content (AvgIpc) is 3.04. The molecule has 1 aliphatic heterocycles. The van der Waals surface area contributed by atoms with Crippen molar-refractivity contribution in [3.05, 3.63) is 27.7 Å². The van der Waals surface area contributed by atoms with E-state index in [1.807, 2.05) is 0 Å². The number of nitrogens with one attached hydrogen (secondary N) is 1. The van der Waals surface area contributed by atoms with E-state index in [4.69, 9.17) is 0 Å². The molecule has 0 bridgehead atoms. The molecular formula is C14H19N3O4S. The number of carbonyl (C=O) groups excluding carboxylic acids is 1. The summed E-state index contributed by atoms with van der Waals surface area (Å²) in [6.07, 6.45) is 3.21. The number of carbonyl (C=O) groups is 1. The largest absolute Gasteiger partial charge is 0.354 e. The fourth-order valence-corrected chi connectivity index (χ4v) is 4.77. The highest BCUT2D eigenvalue weighted by atomic mass is 32.2. The Morgan fingerprint density at radius 2 is 2.23 bits per heavy atom. The average molecular weight is 325 g/mol. The molecule has 120 valence electrons. The molecule has 8 heteroatoms. The molecule has 0 saturated carbocycles. The van der Waals surface area contributed by atoms with Gasteiger partial charge in [0, 0.05) is 12.6 Å². The van der Waals surface area contributed by atoms with Gasteiger partial charge in [0.05, 0.1) is 29.7 Å². The van der Waals surface area contributed by atoms with Gasteiger partial charge in [0.1, 0.15) is 0 Å². The van der Waals surface area contributed by atoms with E-state index < -0.39 is 15.8 Å². The molecule has 1 amide bonds. The molecule has 1 aromatic rings. The lowest BCUT2D eigenvalue weighted by molar-refractivity contribution is -0.124. The Labute approximate surface area is 128 Å². The third-order valence-corrected chi connectivity index (χ3v) is 6.02. The van der Waals surface area contributed by atoms with Crippen LogP contribution in [-0.2, 0) is 34.0 Å². The lowest BCUT2D eigenvalue weighted by Gasteiger charge is -2.10. The van der Waals surface area contributed by atoms with Crippen molar-refractivity contribution >= 4 is 15.7 Å². The summed E-state index contributed by atoms with van der Waals surface area (Å²) in [6, 6.07) is 1.63. The number of hydrogen-bond donors (Lipinski definition) is 1. The van der Waals surface area contributed by atoms with Crippen LogP contribution in [0.1, 0.15) is 24.1 Å². The van der Waals surface area contributed by atoms with Crippen LogP contribution in [0.25, 0.3) is 0 Å². The maximum Gasteiger partial charge on any atom is 0.267 e. The van der Waals surface area contributed by atoms with Crippen molar-refractivity contribution in [3.63, 3.8) is 0 Å². The minimum Gasteiger partial charge on any atom is -0.354 e. The number of rotatable bonds is 4. The predicted octanol–water partition coefficient (Wildman–Crippen LogP) is -0.717. The summed E-state index contributed by atoms with van der Waals surface area (Å²) in [6.45, 7) is 0.582. The third kappa shape index (κ3) is 3.21. The second kappa shape index (κ2) is 5.83. The van der Waals surface area contributed by atoms with Gasteiger partial charge < -0.3 is 5.32 Å². The first kappa shape index (κ1) is 15.2. The smallest absolute Gasteiger partial charge is 0.267 e. The molecule has 1 aliphatic carbocycles. The molecule has 1 N–H and O–H groups in total. The van der Waals surface area contributed by atoms with Gasteiger partial charge in [0.2, 0.25) is 5.91 Å². The highest BCUT2D eigenvalue weighted by Gasteiger charge is 2.32. The SMILES string of the molecule is O=C(NCCn1nc2c(cc1=O)CCC2)[C@H]1CCS(=O)(=O)C1.